The van der Waals surface area contributed by atoms with Crippen LogP contribution in [0.25, 0.3) is 0 Å². The van der Waals surface area contributed by atoms with Gasteiger partial charge >= 0.3 is 0 Å². The maximum atomic E-state index is 12.1. The predicted octanol–water partition coefficient (Wildman–Crippen LogP) is 3.77. The first-order valence-electron chi connectivity index (χ1n) is 5.51. The number of phenols is 1. The number of carbonyl (C=O) groups is 1. The van der Waals surface area contributed by atoms with Gasteiger partial charge < -0.3 is 10.4 Å². The predicted molar refractivity (Wildman–Crippen MR) is 84.9 cm³/mol. The SMILES string of the molecule is N#Cc1ccc(NC(=O)c2cc(I)ccc2O)cc1Cl. The molecule has 0 fully saturated rings. The second-order valence-corrected chi connectivity index (χ2v) is 5.57. The molecule has 0 unspecified atom stereocenters. The number of amides is 1. The number of anilines is 1. The Balaban J connectivity index is 2.26. The van der Waals surface area contributed by atoms with Crippen molar-refractivity contribution in [1.82, 2.24) is 0 Å². The van der Waals surface area contributed by atoms with Crippen molar-refractivity contribution in [3.8, 4) is 11.8 Å². The van der Waals surface area contributed by atoms with Crippen molar-refractivity contribution in [2.24, 2.45) is 0 Å². The molecule has 2 rings (SSSR count). The van der Waals surface area contributed by atoms with Crippen LogP contribution in [0.4, 0.5) is 5.69 Å². The van der Waals surface area contributed by atoms with E-state index in [-0.39, 0.29) is 16.3 Å². The molecule has 2 N–H and O–H groups in total. The fourth-order valence-electron chi connectivity index (χ4n) is 1.57. The maximum Gasteiger partial charge on any atom is 0.259 e. The molecule has 0 spiro atoms. The van der Waals surface area contributed by atoms with Crippen LogP contribution in [0.3, 0.4) is 0 Å². The normalized spacial score (nSPS) is 9.85. The molecule has 0 atom stereocenters. The third-order valence-corrected chi connectivity index (χ3v) is 3.53. The highest BCUT2D eigenvalue weighted by Gasteiger charge is 2.12. The molecule has 2 aromatic carbocycles. The summed E-state index contributed by atoms with van der Waals surface area (Å²) in [6.45, 7) is 0. The molecule has 0 aromatic heterocycles. The molecule has 0 bridgehead atoms. The first kappa shape index (κ1) is 14.6. The van der Waals surface area contributed by atoms with Gasteiger partial charge in [0.1, 0.15) is 11.8 Å². The van der Waals surface area contributed by atoms with Crippen LogP contribution in [0.15, 0.2) is 36.4 Å². The Morgan fingerprint density at radius 1 is 1.30 bits per heavy atom. The fourth-order valence-corrected chi connectivity index (χ4v) is 2.29. The molecule has 2 aromatic rings. The summed E-state index contributed by atoms with van der Waals surface area (Å²) in [5.74, 6) is -0.538. The summed E-state index contributed by atoms with van der Waals surface area (Å²) in [5, 5.41) is 21.4. The van der Waals surface area contributed by atoms with Crippen LogP contribution in [-0.4, -0.2) is 11.0 Å². The minimum Gasteiger partial charge on any atom is -0.507 e. The highest BCUT2D eigenvalue weighted by Crippen LogP contribution is 2.23. The summed E-state index contributed by atoms with van der Waals surface area (Å²) >= 11 is 7.94. The molecule has 6 heteroatoms. The zero-order valence-corrected chi connectivity index (χ0v) is 12.9. The van der Waals surface area contributed by atoms with Gasteiger partial charge in [-0.05, 0) is 59.0 Å². The second kappa shape index (κ2) is 6.11. The average molecular weight is 399 g/mol. The third kappa shape index (κ3) is 3.21. The van der Waals surface area contributed by atoms with Gasteiger partial charge in [0.15, 0.2) is 0 Å². The highest BCUT2D eigenvalue weighted by atomic mass is 127. The lowest BCUT2D eigenvalue weighted by molar-refractivity contribution is 0.102. The van der Waals surface area contributed by atoms with E-state index in [2.05, 4.69) is 27.9 Å². The number of hydrogen-bond acceptors (Lipinski definition) is 3. The van der Waals surface area contributed by atoms with Gasteiger partial charge in [-0.3, -0.25) is 4.79 Å². The summed E-state index contributed by atoms with van der Waals surface area (Å²) in [5.41, 5.74) is 0.969. The number of nitrogens with zero attached hydrogens (tertiary/aromatic N) is 1. The number of hydrogen-bond donors (Lipinski definition) is 2. The molecule has 1 amide bonds. The number of carbonyl (C=O) groups excluding carboxylic acids is 1. The molecular formula is C14H8ClIN2O2. The molecule has 0 aliphatic rings. The van der Waals surface area contributed by atoms with Crippen LogP contribution >= 0.6 is 34.2 Å². The van der Waals surface area contributed by atoms with E-state index in [1.165, 1.54) is 18.2 Å². The zero-order valence-electron chi connectivity index (χ0n) is 10.0. The smallest absolute Gasteiger partial charge is 0.259 e. The number of halogens is 2. The zero-order chi connectivity index (χ0) is 14.7. The van der Waals surface area contributed by atoms with Gasteiger partial charge in [-0.25, -0.2) is 0 Å². The Bertz CT molecular complexity index is 726. The largest absolute Gasteiger partial charge is 0.507 e. The Hall–Kier alpha value is -1.78. The molecule has 0 saturated carbocycles. The van der Waals surface area contributed by atoms with Crippen molar-refractivity contribution >= 4 is 45.8 Å². The fraction of sp³-hybridized carbons (Fsp3) is 0. The number of benzene rings is 2. The molecule has 0 aliphatic heterocycles. The van der Waals surface area contributed by atoms with Crippen molar-refractivity contribution in [3.63, 3.8) is 0 Å². The highest BCUT2D eigenvalue weighted by molar-refractivity contribution is 14.1. The van der Waals surface area contributed by atoms with Crippen LogP contribution in [-0.2, 0) is 0 Å². The third-order valence-electron chi connectivity index (χ3n) is 2.55. The molecule has 100 valence electrons. The van der Waals surface area contributed by atoms with Gasteiger partial charge in [-0.15, -0.1) is 0 Å². The van der Waals surface area contributed by atoms with Gasteiger partial charge in [-0.1, -0.05) is 11.6 Å². The van der Waals surface area contributed by atoms with Crippen LogP contribution in [0.5, 0.6) is 5.75 Å². The number of phenolic OH excluding ortho intramolecular Hbond substituents is 1. The van der Waals surface area contributed by atoms with E-state index in [0.29, 0.717) is 11.3 Å². The molecular weight excluding hydrogens is 391 g/mol. The van der Waals surface area contributed by atoms with Gasteiger partial charge in [-0.2, -0.15) is 5.26 Å². The van der Waals surface area contributed by atoms with Gasteiger partial charge in [0.2, 0.25) is 0 Å². The standard InChI is InChI=1S/C14H8ClIN2O2/c15-12-6-10(3-1-8(12)7-17)18-14(20)11-5-9(16)2-4-13(11)19/h1-6,19H,(H,18,20). The summed E-state index contributed by atoms with van der Waals surface area (Å²) < 4.78 is 0.836. The van der Waals surface area contributed by atoms with E-state index < -0.39 is 5.91 Å². The topological polar surface area (TPSA) is 73.1 Å². The van der Waals surface area contributed by atoms with E-state index in [9.17, 15) is 9.90 Å². The molecule has 0 saturated heterocycles. The van der Waals surface area contributed by atoms with E-state index >= 15 is 0 Å². The van der Waals surface area contributed by atoms with Crippen molar-refractivity contribution in [2.75, 3.05) is 5.32 Å². The Kier molecular flexibility index (Phi) is 4.47. The Morgan fingerprint density at radius 3 is 2.70 bits per heavy atom. The first-order chi connectivity index (χ1) is 9.51. The lowest BCUT2D eigenvalue weighted by atomic mass is 10.1. The van der Waals surface area contributed by atoms with Crippen molar-refractivity contribution in [3.05, 3.63) is 56.1 Å². The molecule has 0 radical (unpaired) electrons. The Morgan fingerprint density at radius 2 is 2.05 bits per heavy atom. The van der Waals surface area contributed by atoms with Gasteiger partial charge in [0.25, 0.3) is 5.91 Å². The summed E-state index contributed by atoms with van der Waals surface area (Å²) in [7, 11) is 0. The van der Waals surface area contributed by atoms with Crippen LogP contribution < -0.4 is 5.32 Å². The number of aromatic hydroxyl groups is 1. The summed E-state index contributed by atoms with van der Waals surface area (Å²) in [6, 6.07) is 11.3. The number of nitriles is 1. The first-order valence-corrected chi connectivity index (χ1v) is 6.96. The van der Waals surface area contributed by atoms with Crippen molar-refractivity contribution in [1.29, 1.82) is 5.26 Å². The summed E-state index contributed by atoms with van der Waals surface area (Å²) in [6.07, 6.45) is 0. The van der Waals surface area contributed by atoms with Gasteiger partial charge in [0.05, 0.1) is 16.1 Å². The van der Waals surface area contributed by atoms with E-state index in [1.54, 1.807) is 18.2 Å². The van der Waals surface area contributed by atoms with Crippen LogP contribution in [0, 0.1) is 14.9 Å². The van der Waals surface area contributed by atoms with Crippen LogP contribution in [0.1, 0.15) is 15.9 Å². The minimum absolute atomic E-state index is 0.0948. The van der Waals surface area contributed by atoms with Crippen molar-refractivity contribution in [2.45, 2.75) is 0 Å². The van der Waals surface area contributed by atoms with Crippen LogP contribution in [0.2, 0.25) is 5.02 Å². The van der Waals surface area contributed by atoms with Crippen molar-refractivity contribution < 1.29 is 9.90 Å². The molecule has 4 nitrogen and oxygen atoms in total. The molecule has 0 aliphatic carbocycles. The quantitative estimate of drug-likeness (QED) is 0.756. The monoisotopic (exact) mass is 398 g/mol. The van der Waals surface area contributed by atoms with Gasteiger partial charge in [0, 0.05) is 9.26 Å². The molecule has 20 heavy (non-hydrogen) atoms. The maximum absolute atomic E-state index is 12.1. The van der Waals surface area contributed by atoms with E-state index in [0.717, 1.165) is 3.57 Å². The van der Waals surface area contributed by atoms with E-state index in [1.807, 2.05) is 6.07 Å². The second-order valence-electron chi connectivity index (χ2n) is 3.92. The lowest BCUT2D eigenvalue weighted by Gasteiger charge is -2.08. The number of rotatable bonds is 2. The minimum atomic E-state index is -0.443. The Labute approximate surface area is 134 Å². The van der Waals surface area contributed by atoms with E-state index in [4.69, 9.17) is 16.9 Å². The average Bonchev–Trinajstić information content (AvgIpc) is 2.41. The molecule has 0 heterocycles. The number of nitrogens with one attached hydrogen (secondary N) is 1. The summed E-state index contributed by atoms with van der Waals surface area (Å²) in [4.78, 5) is 12.1. The lowest BCUT2D eigenvalue weighted by Crippen LogP contribution is -2.12.